The van der Waals surface area contributed by atoms with Crippen molar-refractivity contribution in [1.82, 2.24) is 4.90 Å². The van der Waals surface area contributed by atoms with Crippen molar-refractivity contribution in [2.24, 2.45) is 0 Å². The lowest BCUT2D eigenvalue weighted by atomic mass is 10.1. The molecule has 2 N–H and O–H groups in total. The van der Waals surface area contributed by atoms with Crippen LogP contribution in [0.2, 0.25) is 0 Å². The Hall–Kier alpha value is -2.44. The molecule has 2 amide bonds. The molecular formula is C12H11FN2O4. The van der Waals surface area contributed by atoms with Gasteiger partial charge in [0.15, 0.2) is 0 Å². The van der Waals surface area contributed by atoms with Crippen LogP contribution >= 0.6 is 0 Å². The Bertz CT molecular complexity index is 573. The molecule has 1 saturated heterocycles. The topological polar surface area (TPSA) is 86.7 Å². The van der Waals surface area contributed by atoms with Crippen LogP contribution in [0.5, 0.6) is 0 Å². The van der Waals surface area contributed by atoms with E-state index in [0.717, 1.165) is 11.0 Å². The van der Waals surface area contributed by atoms with Crippen molar-refractivity contribution in [3.05, 3.63) is 29.6 Å². The summed E-state index contributed by atoms with van der Waals surface area (Å²) in [7, 11) is 1.33. The zero-order chi connectivity index (χ0) is 14.2. The number of likely N-dealkylation sites (N-methyl/N-ethyl adjacent to an activating group) is 1. The van der Waals surface area contributed by atoms with Crippen LogP contribution in [0.25, 0.3) is 0 Å². The molecule has 1 fully saturated rings. The smallest absolute Gasteiger partial charge is 0.337 e. The fraction of sp³-hybridized carbons (Fsp3) is 0.250. The fourth-order valence-electron chi connectivity index (χ4n) is 1.89. The van der Waals surface area contributed by atoms with Gasteiger partial charge in [-0.05, 0) is 12.1 Å². The van der Waals surface area contributed by atoms with Crippen molar-refractivity contribution in [1.29, 1.82) is 0 Å². The molecule has 19 heavy (non-hydrogen) atoms. The zero-order valence-electron chi connectivity index (χ0n) is 10.0. The molecule has 1 aromatic carbocycles. The number of amides is 2. The maximum atomic E-state index is 13.6. The molecule has 1 aromatic rings. The number of para-hydroxylation sites is 1. The first-order valence-corrected chi connectivity index (χ1v) is 5.50. The van der Waals surface area contributed by atoms with E-state index in [4.69, 9.17) is 5.11 Å². The number of carboxylic acids is 1. The number of benzene rings is 1. The van der Waals surface area contributed by atoms with Gasteiger partial charge in [0.05, 0.1) is 17.7 Å². The highest BCUT2D eigenvalue weighted by Crippen LogP contribution is 2.24. The number of imide groups is 1. The quantitative estimate of drug-likeness (QED) is 0.786. The first kappa shape index (κ1) is 13.0. The number of rotatable bonds is 3. The number of carbonyl (C=O) groups excluding carboxylic acids is 2. The lowest BCUT2D eigenvalue weighted by Gasteiger charge is -2.15. The molecule has 7 heteroatoms. The highest BCUT2D eigenvalue weighted by atomic mass is 19.1. The molecule has 100 valence electrons. The Balaban J connectivity index is 2.32. The van der Waals surface area contributed by atoms with Gasteiger partial charge < -0.3 is 10.4 Å². The minimum Gasteiger partial charge on any atom is -0.478 e. The van der Waals surface area contributed by atoms with E-state index in [9.17, 15) is 18.8 Å². The van der Waals surface area contributed by atoms with Gasteiger partial charge >= 0.3 is 5.97 Å². The van der Waals surface area contributed by atoms with Gasteiger partial charge in [-0.3, -0.25) is 14.5 Å². The van der Waals surface area contributed by atoms with Crippen LogP contribution < -0.4 is 5.32 Å². The molecule has 2 rings (SSSR count). The van der Waals surface area contributed by atoms with E-state index in [1.54, 1.807) is 0 Å². The molecule has 1 heterocycles. The van der Waals surface area contributed by atoms with E-state index in [2.05, 4.69) is 5.32 Å². The second-order valence-electron chi connectivity index (χ2n) is 4.16. The van der Waals surface area contributed by atoms with Crippen LogP contribution in [-0.2, 0) is 9.59 Å². The van der Waals surface area contributed by atoms with Crippen LogP contribution in [-0.4, -0.2) is 40.9 Å². The third-order valence-electron chi connectivity index (χ3n) is 2.94. The van der Waals surface area contributed by atoms with Crippen LogP contribution in [0.3, 0.4) is 0 Å². The SMILES string of the molecule is CN1C(=O)CC(Nc2c(F)cccc2C(=O)O)C1=O. The summed E-state index contributed by atoms with van der Waals surface area (Å²) in [5, 5.41) is 11.5. The minimum absolute atomic E-state index is 0.122. The highest BCUT2D eigenvalue weighted by molar-refractivity contribution is 6.07. The number of nitrogens with one attached hydrogen (secondary N) is 1. The predicted octanol–water partition coefficient (Wildman–Crippen LogP) is 0.693. The summed E-state index contributed by atoms with van der Waals surface area (Å²) in [6.07, 6.45) is -0.122. The van der Waals surface area contributed by atoms with E-state index < -0.39 is 29.6 Å². The molecule has 0 radical (unpaired) electrons. The first-order chi connectivity index (χ1) is 8.91. The molecule has 0 aromatic heterocycles. The van der Waals surface area contributed by atoms with E-state index >= 15 is 0 Å². The molecule has 1 atom stereocenters. The maximum Gasteiger partial charge on any atom is 0.337 e. The average molecular weight is 266 g/mol. The van der Waals surface area contributed by atoms with Crippen molar-refractivity contribution < 1.29 is 23.9 Å². The normalized spacial score (nSPS) is 18.8. The lowest BCUT2D eigenvalue weighted by molar-refractivity contribution is -0.136. The summed E-state index contributed by atoms with van der Waals surface area (Å²) in [4.78, 5) is 34.9. The monoisotopic (exact) mass is 266 g/mol. The number of nitrogens with zero attached hydrogens (tertiary/aromatic N) is 1. The van der Waals surface area contributed by atoms with Crippen LogP contribution in [0.15, 0.2) is 18.2 Å². The number of likely N-dealkylation sites (tertiary alicyclic amines) is 1. The van der Waals surface area contributed by atoms with Crippen molar-refractivity contribution in [3.8, 4) is 0 Å². The average Bonchev–Trinajstić information content (AvgIpc) is 2.59. The van der Waals surface area contributed by atoms with Crippen LogP contribution in [0.4, 0.5) is 10.1 Å². The Kier molecular flexibility index (Phi) is 3.20. The summed E-state index contributed by atoms with van der Waals surface area (Å²) >= 11 is 0. The number of halogens is 1. The van der Waals surface area contributed by atoms with Gasteiger partial charge in [0.25, 0.3) is 5.91 Å². The summed E-state index contributed by atoms with van der Waals surface area (Å²) in [5.74, 6) is -3.00. The Morgan fingerprint density at radius 1 is 1.47 bits per heavy atom. The van der Waals surface area contributed by atoms with Gasteiger partial charge in [-0.15, -0.1) is 0 Å². The van der Waals surface area contributed by atoms with Crippen molar-refractivity contribution in [2.45, 2.75) is 12.5 Å². The zero-order valence-corrected chi connectivity index (χ0v) is 10.0. The van der Waals surface area contributed by atoms with Gasteiger partial charge in [-0.1, -0.05) is 6.07 Å². The number of carboxylic acid groups (broad SMARTS) is 1. The fourth-order valence-corrected chi connectivity index (χ4v) is 1.89. The van der Waals surface area contributed by atoms with Gasteiger partial charge in [0.2, 0.25) is 5.91 Å². The van der Waals surface area contributed by atoms with Crippen molar-refractivity contribution in [2.75, 3.05) is 12.4 Å². The number of hydrogen-bond donors (Lipinski definition) is 2. The Labute approximate surface area is 107 Å². The minimum atomic E-state index is -1.31. The van der Waals surface area contributed by atoms with Crippen molar-refractivity contribution in [3.63, 3.8) is 0 Å². The van der Waals surface area contributed by atoms with Gasteiger partial charge in [0, 0.05) is 7.05 Å². The van der Waals surface area contributed by atoms with Crippen LogP contribution in [0, 0.1) is 5.82 Å². The standard InChI is InChI=1S/C12H11FN2O4/c1-15-9(16)5-8(11(15)17)14-10-6(12(18)19)3-2-4-7(10)13/h2-4,8,14H,5H2,1H3,(H,18,19). The summed E-state index contributed by atoms with van der Waals surface area (Å²) in [6.45, 7) is 0. The number of carbonyl (C=O) groups is 3. The predicted molar refractivity (Wildman–Crippen MR) is 63.2 cm³/mol. The molecule has 0 saturated carbocycles. The highest BCUT2D eigenvalue weighted by Gasteiger charge is 2.36. The van der Waals surface area contributed by atoms with Gasteiger partial charge in [0.1, 0.15) is 11.9 Å². The molecular weight excluding hydrogens is 255 g/mol. The molecule has 1 unspecified atom stereocenters. The number of hydrogen-bond acceptors (Lipinski definition) is 4. The number of aromatic carboxylic acids is 1. The second kappa shape index (κ2) is 4.68. The Morgan fingerprint density at radius 2 is 2.16 bits per heavy atom. The molecule has 0 aliphatic carbocycles. The molecule has 0 bridgehead atoms. The van der Waals surface area contributed by atoms with Gasteiger partial charge in [-0.25, -0.2) is 9.18 Å². The van der Waals surface area contributed by atoms with E-state index in [-0.39, 0.29) is 17.7 Å². The van der Waals surface area contributed by atoms with Gasteiger partial charge in [-0.2, -0.15) is 0 Å². The number of anilines is 1. The third kappa shape index (κ3) is 2.26. The van der Waals surface area contributed by atoms with E-state index in [1.807, 2.05) is 0 Å². The Morgan fingerprint density at radius 3 is 2.68 bits per heavy atom. The van der Waals surface area contributed by atoms with E-state index in [1.165, 1.54) is 19.2 Å². The summed E-state index contributed by atoms with van der Waals surface area (Å²) in [6, 6.07) is 2.63. The molecule has 0 spiro atoms. The largest absolute Gasteiger partial charge is 0.478 e. The summed E-state index contributed by atoms with van der Waals surface area (Å²) < 4.78 is 13.6. The third-order valence-corrected chi connectivity index (χ3v) is 2.94. The molecule has 1 aliphatic heterocycles. The summed E-state index contributed by atoms with van der Waals surface area (Å²) in [5.41, 5.74) is -0.564. The maximum absolute atomic E-state index is 13.6. The van der Waals surface area contributed by atoms with E-state index in [0.29, 0.717) is 0 Å². The lowest BCUT2D eigenvalue weighted by Crippen LogP contribution is -2.32. The van der Waals surface area contributed by atoms with Crippen LogP contribution in [0.1, 0.15) is 16.8 Å². The molecule has 6 nitrogen and oxygen atoms in total. The molecule has 1 aliphatic rings. The first-order valence-electron chi connectivity index (χ1n) is 5.50. The second-order valence-corrected chi connectivity index (χ2v) is 4.16. The van der Waals surface area contributed by atoms with Crippen molar-refractivity contribution >= 4 is 23.5 Å².